The topological polar surface area (TPSA) is 79.9 Å². The fourth-order valence-electron chi connectivity index (χ4n) is 3.23. The lowest BCUT2D eigenvalue weighted by Crippen LogP contribution is -2.43. The van der Waals surface area contributed by atoms with E-state index in [1.807, 2.05) is 6.07 Å². The van der Waals surface area contributed by atoms with Crippen LogP contribution >= 0.6 is 11.3 Å². The first-order chi connectivity index (χ1) is 14.3. The smallest absolute Gasteiger partial charge is 0.412 e. The first kappa shape index (κ1) is 22.3. The number of rotatable bonds is 6. The maximum absolute atomic E-state index is 12.8. The van der Waals surface area contributed by atoms with E-state index >= 15 is 0 Å². The SMILES string of the molecule is CC(C)(C)OC(=O)Nc1cccc(C(=O)NC[C@@H](c2cccs2)N2CCOCC2)c1. The number of thiophene rings is 1. The van der Waals surface area contributed by atoms with E-state index in [2.05, 4.69) is 27.0 Å². The van der Waals surface area contributed by atoms with Crippen LogP contribution in [0.2, 0.25) is 0 Å². The Morgan fingerprint density at radius 3 is 2.63 bits per heavy atom. The molecule has 0 spiro atoms. The van der Waals surface area contributed by atoms with Crippen molar-refractivity contribution in [3.63, 3.8) is 0 Å². The number of benzene rings is 1. The summed E-state index contributed by atoms with van der Waals surface area (Å²) < 4.78 is 10.7. The zero-order chi connectivity index (χ0) is 21.6. The van der Waals surface area contributed by atoms with E-state index in [0.29, 0.717) is 31.0 Å². The van der Waals surface area contributed by atoms with E-state index in [1.54, 1.807) is 56.4 Å². The Hall–Kier alpha value is -2.42. The molecule has 1 fully saturated rings. The van der Waals surface area contributed by atoms with Crippen LogP contribution in [0.1, 0.15) is 42.0 Å². The van der Waals surface area contributed by atoms with Gasteiger partial charge in [-0.05, 0) is 50.4 Å². The summed E-state index contributed by atoms with van der Waals surface area (Å²) in [5, 5.41) is 7.77. The number of ether oxygens (including phenoxy) is 2. The molecule has 0 radical (unpaired) electrons. The number of nitrogens with one attached hydrogen (secondary N) is 2. The summed E-state index contributed by atoms with van der Waals surface area (Å²) in [5.74, 6) is -0.183. The van der Waals surface area contributed by atoms with Gasteiger partial charge in [-0.25, -0.2) is 4.79 Å². The number of hydrogen-bond donors (Lipinski definition) is 2. The maximum atomic E-state index is 12.8. The van der Waals surface area contributed by atoms with E-state index in [1.165, 1.54) is 4.88 Å². The van der Waals surface area contributed by atoms with E-state index < -0.39 is 11.7 Å². The Balaban J connectivity index is 1.62. The Morgan fingerprint density at radius 1 is 1.20 bits per heavy atom. The molecule has 0 unspecified atom stereocenters. The Labute approximate surface area is 181 Å². The van der Waals surface area contributed by atoms with Crippen LogP contribution in [0.3, 0.4) is 0 Å². The van der Waals surface area contributed by atoms with E-state index in [9.17, 15) is 9.59 Å². The minimum Gasteiger partial charge on any atom is -0.444 e. The molecular weight excluding hydrogens is 402 g/mol. The van der Waals surface area contributed by atoms with Gasteiger partial charge in [0.1, 0.15) is 5.60 Å². The predicted octanol–water partition coefficient (Wildman–Crippen LogP) is 3.90. The highest BCUT2D eigenvalue weighted by Gasteiger charge is 2.24. The van der Waals surface area contributed by atoms with Crippen molar-refractivity contribution in [1.82, 2.24) is 10.2 Å². The van der Waals surface area contributed by atoms with E-state index in [0.717, 1.165) is 13.1 Å². The van der Waals surface area contributed by atoms with Crippen molar-refractivity contribution in [2.45, 2.75) is 32.4 Å². The normalized spacial score (nSPS) is 16.0. The third-order valence-electron chi connectivity index (χ3n) is 4.58. The van der Waals surface area contributed by atoms with Crippen molar-refractivity contribution in [2.75, 3.05) is 38.2 Å². The third-order valence-corrected chi connectivity index (χ3v) is 5.56. The number of amides is 2. The van der Waals surface area contributed by atoms with Gasteiger partial charge in [0, 0.05) is 35.8 Å². The summed E-state index contributed by atoms with van der Waals surface area (Å²) in [6, 6.07) is 11.1. The van der Waals surface area contributed by atoms with Gasteiger partial charge in [0.15, 0.2) is 0 Å². The zero-order valence-corrected chi connectivity index (χ0v) is 18.5. The number of hydrogen-bond acceptors (Lipinski definition) is 6. The molecule has 1 atom stereocenters. The van der Waals surface area contributed by atoms with Gasteiger partial charge in [0.2, 0.25) is 0 Å². The van der Waals surface area contributed by atoms with Crippen LogP contribution < -0.4 is 10.6 Å². The van der Waals surface area contributed by atoms with E-state index in [-0.39, 0.29) is 11.9 Å². The summed E-state index contributed by atoms with van der Waals surface area (Å²) in [7, 11) is 0. The number of morpholine rings is 1. The van der Waals surface area contributed by atoms with Gasteiger partial charge >= 0.3 is 6.09 Å². The lowest BCUT2D eigenvalue weighted by molar-refractivity contribution is 0.0169. The quantitative estimate of drug-likeness (QED) is 0.725. The number of carbonyl (C=O) groups excluding carboxylic acids is 2. The Bertz CT molecular complexity index is 842. The van der Waals surface area contributed by atoms with Crippen LogP contribution in [0.25, 0.3) is 0 Å². The first-order valence-electron chi connectivity index (χ1n) is 10.1. The number of anilines is 1. The average Bonchev–Trinajstić information content (AvgIpc) is 3.22. The van der Waals surface area contributed by atoms with Crippen LogP contribution in [0.15, 0.2) is 41.8 Å². The van der Waals surface area contributed by atoms with Crippen molar-refractivity contribution >= 4 is 29.0 Å². The highest BCUT2D eigenvalue weighted by atomic mass is 32.1. The molecule has 162 valence electrons. The highest BCUT2D eigenvalue weighted by Crippen LogP contribution is 2.25. The van der Waals surface area contributed by atoms with Crippen LogP contribution in [-0.2, 0) is 9.47 Å². The molecule has 1 saturated heterocycles. The molecule has 0 bridgehead atoms. The van der Waals surface area contributed by atoms with Crippen molar-refractivity contribution in [3.8, 4) is 0 Å². The monoisotopic (exact) mass is 431 g/mol. The van der Waals surface area contributed by atoms with Gasteiger partial charge in [0.25, 0.3) is 5.91 Å². The molecule has 1 aliphatic rings. The molecule has 2 N–H and O–H groups in total. The highest BCUT2D eigenvalue weighted by molar-refractivity contribution is 7.10. The number of carbonyl (C=O) groups is 2. The fourth-order valence-corrected chi connectivity index (χ4v) is 4.09. The first-order valence-corrected chi connectivity index (χ1v) is 10.9. The lowest BCUT2D eigenvalue weighted by Gasteiger charge is -2.34. The molecule has 1 aromatic heterocycles. The molecule has 2 heterocycles. The summed E-state index contributed by atoms with van der Waals surface area (Å²) in [4.78, 5) is 28.3. The maximum Gasteiger partial charge on any atom is 0.412 e. The van der Waals surface area contributed by atoms with Crippen molar-refractivity contribution in [2.24, 2.45) is 0 Å². The standard InChI is InChI=1S/C22H29N3O4S/c1-22(2,3)29-21(27)24-17-7-4-6-16(14-17)20(26)23-15-18(19-8-5-13-30-19)25-9-11-28-12-10-25/h4-8,13-14,18H,9-12,15H2,1-3H3,(H,23,26)(H,24,27)/t18-/m0/s1. The van der Waals surface area contributed by atoms with Gasteiger partial charge in [-0.1, -0.05) is 12.1 Å². The fraction of sp³-hybridized carbons (Fsp3) is 0.455. The van der Waals surface area contributed by atoms with Crippen molar-refractivity contribution in [1.29, 1.82) is 0 Å². The van der Waals surface area contributed by atoms with Gasteiger partial charge in [-0.15, -0.1) is 11.3 Å². The molecule has 30 heavy (non-hydrogen) atoms. The second kappa shape index (κ2) is 10.1. The third kappa shape index (κ3) is 6.55. The zero-order valence-electron chi connectivity index (χ0n) is 17.6. The average molecular weight is 432 g/mol. The van der Waals surface area contributed by atoms with Crippen molar-refractivity contribution in [3.05, 3.63) is 52.2 Å². The number of nitrogens with zero attached hydrogens (tertiary/aromatic N) is 1. The van der Waals surface area contributed by atoms with Crippen LogP contribution in [0.5, 0.6) is 0 Å². The van der Waals surface area contributed by atoms with Gasteiger partial charge in [-0.3, -0.25) is 15.0 Å². The molecule has 3 rings (SSSR count). The summed E-state index contributed by atoms with van der Waals surface area (Å²) >= 11 is 1.69. The Kier molecular flexibility index (Phi) is 7.47. The predicted molar refractivity (Wildman–Crippen MR) is 118 cm³/mol. The van der Waals surface area contributed by atoms with Crippen LogP contribution in [-0.4, -0.2) is 55.3 Å². The summed E-state index contributed by atoms with van der Waals surface area (Å²) in [6.45, 7) is 8.99. The molecule has 1 aliphatic heterocycles. The Morgan fingerprint density at radius 2 is 1.97 bits per heavy atom. The largest absolute Gasteiger partial charge is 0.444 e. The van der Waals surface area contributed by atoms with Gasteiger partial charge < -0.3 is 14.8 Å². The minimum absolute atomic E-state index is 0.112. The molecule has 0 aliphatic carbocycles. The second-order valence-corrected chi connectivity index (χ2v) is 9.08. The van der Waals surface area contributed by atoms with Gasteiger partial charge in [0.05, 0.1) is 19.3 Å². The van der Waals surface area contributed by atoms with Crippen LogP contribution in [0, 0.1) is 0 Å². The molecule has 0 saturated carbocycles. The molecular formula is C22H29N3O4S. The molecule has 1 aromatic carbocycles. The minimum atomic E-state index is -0.588. The molecule has 8 heteroatoms. The van der Waals surface area contributed by atoms with Crippen molar-refractivity contribution < 1.29 is 19.1 Å². The molecule has 2 amide bonds. The van der Waals surface area contributed by atoms with Crippen LogP contribution in [0.4, 0.5) is 10.5 Å². The lowest BCUT2D eigenvalue weighted by atomic mass is 10.1. The second-order valence-electron chi connectivity index (χ2n) is 8.10. The molecule has 2 aromatic rings. The summed E-state index contributed by atoms with van der Waals surface area (Å²) in [5.41, 5.74) is 0.408. The van der Waals surface area contributed by atoms with Gasteiger partial charge in [-0.2, -0.15) is 0 Å². The molecule has 7 nitrogen and oxygen atoms in total. The summed E-state index contributed by atoms with van der Waals surface area (Å²) in [6.07, 6.45) is -0.551. The van der Waals surface area contributed by atoms with E-state index in [4.69, 9.17) is 9.47 Å².